The fourth-order valence-corrected chi connectivity index (χ4v) is 1.82. The van der Waals surface area contributed by atoms with Crippen LogP contribution in [0.1, 0.15) is 18.5 Å². The molecule has 1 saturated carbocycles. The SMILES string of the molecule is Fc1cccc(Oc2cccc(CNC3CC3)n2)c1F. The van der Waals surface area contributed by atoms with E-state index in [0.717, 1.165) is 11.8 Å². The van der Waals surface area contributed by atoms with Crippen LogP contribution in [0, 0.1) is 11.6 Å². The number of halogens is 2. The zero-order valence-electron chi connectivity index (χ0n) is 10.8. The van der Waals surface area contributed by atoms with Crippen LogP contribution in [0.4, 0.5) is 8.78 Å². The Labute approximate surface area is 115 Å². The molecule has 0 radical (unpaired) electrons. The zero-order chi connectivity index (χ0) is 13.9. The van der Waals surface area contributed by atoms with E-state index in [2.05, 4.69) is 10.3 Å². The maximum Gasteiger partial charge on any atom is 0.219 e. The van der Waals surface area contributed by atoms with E-state index in [1.54, 1.807) is 12.1 Å². The van der Waals surface area contributed by atoms with Gasteiger partial charge in [0, 0.05) is 18.7 Å². The number of hydrogen-bond acceptors (Lipinski definition) is 3. The molecule has 1 aromatic carbocycles. The summed E-state index contributed by atoms with van der Waals surface area (Å²) in [6.45, 7) is 0.646. The summed E-state index contributed by atoms with van der Waals surface area (Å²) in [7, 11) is 0. The highest BCUT2D eigenvalue weighted by atomic mass is 19.2. The van der Waals surface area contributed by atoms with E-state index in [4.69, 9.17) is 4.74 Å². The number of ether oxygens (including phenoxy) is 1. The highest BCUT2D eigenvalue weighted by Crippen LogP contribution is 2.25. The van der Waals surface area contributed by atoms with Crippen LogP contribution in [0.2, 0.25) is 0 Å². The van der Waals surface area contributed by atoms with Gasteiger partial charge >= 0.3 is 0 Å². The lowest BCUT2D eigenvalue weighted by Crippen LogP contribution is -2.16. The lowest BCUT2D eigenvalue weighted by atomic mass is 10.3. The van der Waals surface area contributed by atoms with E-state index in [1.807, 2.05) is 6.07 Å². The number of nitrogens with zero attached hydrogens (tertiary/aromatic N) is 1. The first-order valence-corrected chi connectivity index (χ1v) is 6.53. The third-order valence-electron chi connectivity index (χ3n) is 3.06. The first-order chi connectivity index (χ1) is 9.72. The Bertz CT molecular complexity index is 615. The van der Waals surface area contributed by atoms with Gasteiger partial charge in [0.1, 0.15) is 0 Å². The van der Waals surface area contributed by atoms with Crippen molar-refractivity contribution in [1.82, 2.24) is 10.3 Å². The van der Waals surface area contributed by atoms with Crippen LogP contribution < -0.4 is 10.1 Å². The number of rotatable bonds is 5. The second kappa shape index (κ2) is 5.54. The summed E-state index contributed by atoms with van der Waals surface area (Å²) >= 11 is 0. The maximum absolute atomic E-state index is 13.5. The molecule has 0 saturated heterocycles. The first kappa shape index (κ1) is 13.0. The predicted octanol–water partition coefficient (Wildman–Crippen LogP) is 3.40. The van der Waals surface area contributed by atoms with Crippen molar-refractivity contribution in [2.75, 3.05) is 0 Å². The fourth-order valence-electron chi connectivity index (χ4n) is 1.82. The van der Waals surface area contributed by atoms with E-state index in [-0.39, 0.29) is 11.6 Å². The van der Waals surface area contributed by atoms with E-state index in [9.17, 15) is 8.78 Å². The van der Waals surface area contributed by atoms with Crippen molar-refractivity contribution in [2.45, 2.75) is 25.4 Å². The summed E-state index contributed by atoms with van der Waals surface area (Å²) < 4.78 is 31.9. The van der Waals surface area contributed by atoms with E-state index in [1.165, 1.54) is 25.0 Å². The first-order valence-electron chi connectivity index (χ1n) is 6.53. The maximum atomic E-state index is 13.5. The highest BCUT2D eigenvalue weighted by molar-refractivity contribution is 5.29. The van der Waals surface area contributed by atoms with Gasteiger partial charge in [0.2, 0.25) is 11.7 Å². The molecule has 1 fully saturated rings. The van der Waals surface area contributed by atoms with Crippen LogP contribution in [0.15, 0.2) is 36.4 Å². The molecule has 2 aromatic rings. The van der Waals surface area contributed by atoms with Crippen LogP contribution >= 0.6 is 0 Å². The third-order valence-corrected chi connectivity index (χ3v) is 3.06. The van der Waals surface area contributed by atoms with Crippen LogP contribution in [-0.2, 0) is 6.54 Å². The van der Waals surface area contributed by atoms with E-state index >= 15 is 0 Å². The number of hydrogen-bond donors (Lipinski definition) is 1. The van der Waals surface area contributed by atoms with Gasteiger partial charge < -0.3 is 10.1 Å². The van der Waals surface area contributed by atoms with Crippen molar-refractivity contribution in [1.29, 1.82) is 0 Å². The van der Waals surface area contributed by atoms with E-state index in [0.29, 0.717) is 12.6 Å². The summed E-state index contributed by atoms with van der Waals surface area (Å²) in [4.78, 5) is 4.26. The third kappa shape index (κ3) is 3.11. The topological polar surface area (TPSA) is 34.1 Å². The molecule has 1 heterocycles. The molecule has 3 nitrogen and oxygen atoms in total. The predicted molar refractivity (Wildman–Crippen MR) is 70.5 cm³/mol. The Morgan fingerprint density at radius 3 is 2.75 bits per heavy atom. The lowest BCUT2D eigenvalue weighted by molar-refractivity contribution is 0.404. The van der Waals surface area contributed by atoms with Gasteiger partial charge in [0.05, 0.1) is 5.69 Å². The molecule has 104 valence electrons. The van der Waals surface area contributed by atoms with Gasteiger partial charge in [-0.15, -0.1) is 0 Å². The molecule has 0 bridgehead atoms. The molecular formula is C15H14F2N2O. The van der Waals surface area contributed by atoms with Gasteiger partial charge in [-0.1, -0.05) is 12.1 Å². The minimum atomic E-state index is -1.00. The number of nitrogens with one attached hydrogen (secondary N) is 1. The van der Waals surface area contributed by atoms with Crippen molar-refractivity contribution in [3.05, 3.63) is 53.7 Å². The molecule has 20 heavy (non-hydrogen) atoms. The van der Waals surface area contributed by atoms with Crippen molar-refractivity contribution in [3.8, 4) is 11.6 Å². The second-order valence-electron chi connectivity index (χ2n) is 4.78. The monoisotopic (exact) mass is 276 g/mol. The van der Waals surface area contributed by atoms with Gasteiger partial charge in [0.15, 0.2) is 11.6 Å². The standard InChI is InChI=1S/C15H14F2N2O/c16-12-4-2-5-13(15(12)17)20-14-6-1-3-11(19-14)9-18-10-7-8-10/h1-6,10,18H,7-9H2. The smallest absolute Gasteiger partial charge is 0.219 e. The average Bonchev–Trinajstić information content (AvgIpc) is 3.26. The largest absolute Gasteiger partial charge is 0.436 e. The molecule has 1 aliphatic carbocycles. The molecular weight excluding hydrogens is 262 g/mol. The molecule has 0 aliphatic heterocycles. The van der Waals surface area contributed by atoms with Crippen LogP contribution in [0.25, 0.3) is 0 Å². The van der Waals surface area contributed by atoms with Gasteiger partial charge in [-0.2, -0.15) is 4.39 Å². The minimum absolute atomic E-state index is 0.162. The quantitative estimate of drug-likeness (QED) is 0.908. The highest BCUT2D eigenvalue weighted by Gasteiger charge is 2.20. The van der Waals surface area contributed by atoms with Crippen LogP contribution in [-0.4, -0.2) is 11.0 Å². The molecule has 0 amide bonds. The van der Waals surface area contributed by atoms with Gasteiger partial charge in [-0.3, -0.25) is 0 Å². The average molecular weight is 276 g/mol. The Hall–Kier alpha value is -2.01. The fraction of sp³-hybridized carbons (Fsp3) is 0.267. The Morgan fingerprint density at radius 2 is 1.95 bits per heavy atom. The Balaban J connectivity index is 1.72. The summed E-state index contributed by atoms with van der Waals surface area (Å²) in [5.74, 6) is -1.85. The molecule has 1 N–H and O–H groups in total. The summed E-state index contributed by atoms with van der Waals surface area (Å²) in [6.07, 6.45) is 2.40. The summed E-state index contributed by atoms with van der Waals surface area (Å²) in [5, 5.41) is 3.33. The van der Waals surface area contributed by atoms with Gasteiger partial charge in [-0.25, -0.2) is 9.37 Å². The van der Waals surface area contributed by atoms with Crippen LogP contribution in [0.5, 0.6) is 11.6 Å². The van der Waals surface area contributed by atoms with Gasteiger partial charge in [0.25, 0.3) is 0 Å². The number of aromatic nitrogens is 1. The summed E-state index contributed by atoms with van der Waals surface area (Å²) in [6, 6.07) is 9.66. The van der Waals surface area contributed by atoms with Crippen molar-refractivity contribution in [2.24, 2.45) is 0 Å². The summed E-state index contributed by atoms with van der Waals surface area (Å²) in [5.41, 5.74) is 0.811. The zero-order valence-corrected chi connectivity index (χ0v) is 10.8. The molecule has 5 heteroatoms. The van der Waals surface area contributed by atoms with Crippen molar-refractivity contribution in [3.63, 3.8) is 0 Å². The molecule has 0 unspecified atom stereocenters. The molecule has 0 atom stereocenters. The molecule has 1 aliphatic rings. The number of benzene rings is 1. The minimum Gasteiger partial charge on any atom is -0.436 e. The molecule has 3 rings (SSSR count). The molecule has 1 aromatic heterocycles. The van der Waals surface area contributed by atoms with Crippen molar-refractivity contribution < 1.29 is 13.5 Å². The van der Waals surface area contributed by atoms with E-state index < -0.39 is 11.6 Å². The van der Waals surface area contributed by atoms with Crippen LogP contribution in [0.3, 0.4) is 0 Å². The second-order valence-corrected chi connectivity index (χ2v) is 4.78. The van der Waals surface area contributed by atoms with Crippen molar-refractivity contribution >= 4 is 0 Å². The Kier molecular flexibility index (Phi) is 3.60. The lowest BCUT2D eigenvalue weighted by Gasteiger charge is -2.08. The molecule has 0 spiro atoms. The number of pyridine rings is 1. The Morgan fingerprint density at radius 1 is 1.15 bits per heavy atom. The van der Waals surface area contributed by atoms with Gasteiger partial charge in [-0.05, 0) is 31.0 Å². The normalized spacial score (nSPS) is 14.3.